The molecule has 1 aliphatic heterocycles. The average molecular weight is 473 g/mol. The Morgan fingerprint density at radius 3 is 2.85 bits per heavy atom. The van der Waals surface area contributed by atoms with Gasteiger partial charge in [-0.3, -0.25) is 4.90 Å². The molecule has 6 nitrogen and oxygen atoms in total. The Morgan fingerprint density at radius 2 is 2.06 bits per heavy atom. The van der Waals surface area contributed by atoms with E-state index in [0.29, 0.717) is 54.7 Å². The van der Waals surface area contributed by atoms with Gasteiger partial charge in [-0.1, -0.05) is 47.1 Å². The molecule has 2 aromatic carbocycles. The summed E-state index contributed by atoms with van der Waals surface area (Å²) in [4.78, 5) is 7.67. The molecule has 2 atom stereocenters. The fraction of sp³-hybridized carbons (Fsp3) is 0.320. The molecule has 0 radical (unpaired) electrons. The second-order valence-electron chi connectivity index (χ2n) is 8.02. The van der Waals surface area contributed by atoms with E-state index >= 15 is 0 Å². The number of furan rings is 1. The lowest BCUT2D eigenvalue weighted by atomic mass is 10.0. The van der Waals surface area contributed by atoms with Crippen molar-refractivity contribution >= 4 is 17.3 Å². The van der Waals surface area contributed by atoms with Gasteiger partial charge in [0.1, 0.15) is 24.3 Å². The quantitative estimate of drug-likeness (QED) is 0.440. The van der Waals surface area contributed by atoms with E-state index in [4.69, 9.17) is 25.6 Å². The summed E-state index contributed by atoms with van der Waals surface area (Å²) in [5.41, 5.74) is 2.05. The van der Waals surface area contributed by atoms with E-state index in [-0.39, 0.29) is 18.5 Å². The lowest BCUT2D eigenvalue weighted by Gasteiger charge is -2.27. The molecule has 0 spiro atoms. The van der Waals surface area contributed by atoms with Gasteiger partial charge in [0.25, 0.3) is 0 Å². The van der Waals surface area contributed by atoms with Crippen molar-refractivity contribution in [1.29, 1.82) is 0 Å². The Bertz CT molecular complexity index is 1060. The molecule has 33 heavy (non-hydrogen) atoms. The Balaban J connectivity index is 1.36. The van der Waals surface area contributed by atoms with Gasteiger partial charge in [-0.2, -0.15) is 0 Å². The van der Waals surface area contributed by atoms with Gasteiger partial charge in [0.05, 0.1) is 24.7 Å². The van der Waals surface area contributed by atoms with E-state index in [1.54, 1.807) is 30.5 Å². The first-order valence-electron chi connectivity index (χ1n) is 10.8. The van der Waals surface area contributed by atoms with Crippen molar-refractivity contribution in [3.05, 3.63) is 94.7 Å². The van der Waals surface area contributed by atoms with Gasteiger partial charge < -0.3 is 19.1 Å². The summed E-state index contributed by atoms with van der Waals surface area (Å²) in [6, 6.07) is 17.7. The van der Waals surface area contributed by atoms with E-state index in [0.717, 1.165) is 5.56 Å². The molecule has 2 heterocycles. The first-order chi connectivity index (χ1) is 16.1. The highest BCUT2D eigenvalue weighted by Crippen LogP contribution is 2.21. The summed E-state index contributed by atoms with van der Waals surface area (Å²) in [7, 11) is 0. The first kappa shape index (κ1) is 23.4. The summed E-state index contributed by atoms with van der Waals surface area (Å²) in [6.07, 6.45) is 1.10. The number of rotatable bonds is 11. The van der Waals surface area contributed by atoms with Gasteiger partial charge >= 0.3 is 0 Å². The van der Waals surface area contributed by atoms with Crippen molar-refractivity contribution in [3.63, 3.8) is 0 Å². The maximum atomic E-state index is 14.1. The van der Waals surface area contributed by atoms with Crippen molar-refractivity contribution in [2.45, 2.75) is 31.8 Å². The van der Waals surface area contributed by atoms with Crippen molar-refractivity contribution in [3.8, 4) is 0 Å². The lowest BCUT2D eigenvalue weighted by Crippen LogP contribution is -2.39. The van der Waals surface area contributed by atoms with Crippen LogP contribution in [0.5, 0.6) is 0 Å². The standard InChI is InChI=1S/C25H26ClFN2O4/c26-19-6-3-5-18(11-19)13-29(14-20(30)16-31-17-21-7-4-10-32-21)15-22-12-25(28-33-22)23-8-1-2-9-24(23)27/h1-11,20,22,30H,12-17H2/t20-,22-/m1/s1. The molecule has 0 aliphatic carbocycles. The third-order valence-corrected chi connectivity index (χ3v) is 5.51. The van der Waals surface area contributed by atoms with Gasteiger partial charge in [-0.15, -0.1) is 0 Å². The molecular weight excluding hydrogens is 447 g/mol. The van der Waals surface area contributed by atoms with Crippen LogP contribution >= 0.6 is 11.6 Å². The first-order valence-corrected chi connectivity index (χ1v) is 11.2. The second-order valence-corrected chi connectivity index (χ2v) is 8.46. The molecule has 3 aromatic rings. The summed E-state index contributed by atoms with van der Waals surface area (Å²) >= 11 is 6.15. The van der Waals surface area contributed by atoms with Crippen molar-refractivity contribution in [1.82, 2.24) is 4.90 Å². The highest BCUT2D eigenvalue weighted by atomic mass is 35.5. The van der Waals surface area contributed by atoms with E-state index in [1.165, 1.54) is 6.07 Å². The molecular formula is C25H26ClFN2O4. The van der Waals surface area contributed by atoms with E-state index in [9.17, 15) is 9.50 Å². The second kappa shape index (κ2) is 11.4. The smallest absolute Gasteiger partial charge is 0.145 e. The number of hydrogen-bond acceptors (Lipinski definition) is 6. The zero-order valence-corrected chi connectivity index (χ0v) is 18.8. The number of oxime groups is 1. The predicted molar refractivity (Wildman–Crippen MR) is 124 cm³/mol. The summed E-state index contributed by atoms with van der Waals surface area (Å²) in [5.74, 6) is 0.385. The molecule has 0 saturated heterocycles. The SMILES string of the molecule is O[C@@H](COCc1ccco1)CN(Cc1cccc(Cl)c1)C[C@H]1CC(c2ccccc2F)=NO1. The van der Waals surface area contributed by atoms with Crippen LogP contribution in [0.1, 0.15) is 23.3 Å². The molecule has 174 valence electrons. The highest BCUT2D eigenvalue weighted by molar-refractivity contribution is 6.30. The number of halogens is 2. The molecule has 1 N–H and O–H groups in total. The monoisotopic (exact) mass is 472 g/mol. The van der Waals surface area contributed by atoms with E-state index in [2.05, 4.69) is 10.1 Å². The van der Waals surface area contributed by atoms with Crippen LogP contribution in [0.15, 0.2) is 76.5 Å². The summed E-state index contributed by atoms with van der Waals surface area (Å²) in [6.45, 7) is 1.88. The van der Waals surface area contributed by atoms with Crippen LogP contribution in [0.4, 0.5) is 4.39 Å². The normalized spacial score (nSPS) is 16.6. The summed E-state index contributed by atoms with van der Waals surface area (Å²) < 4.78 is 25.0. The van der Waals surface area contributed by atoms with Crippen molar-refractivity contribution < 1.29 is 23.5 Å². The number of aliphatic hydroxyl groups is 1. The largest absolute Gasteiger partial charge is 0.467 e. The third-order valence-electron chi connectivity index (χ3n) is 5.28. The fourth-order valence-corrected chi connectivity index (χ4v) is 4.02. The maximum Gasteiger partial charge on any atom is 0.145 e. The average Bonchev–Trinajstić information content (AvgIpc) is 3.46. The predicted octanol–water partition coefficient (Wildman–Crippen LogP) is 4.65. The van der Waals surface area contributed by atoms with Crippen LogP contribution in [-0.4, -0.2) is 47.6 Å². The van der Waals surface area contributed by atoms with Crippen LogP contribution in [-0.2, 0) is 22.7 Å². The third kappa shape index (κ3) is 6.88. The van der Waals surface area contributed by atoms with Crippen LogP contribution in [0, 0.1) is 5.82 Å². The molecule has 0 amide bonds. The Morgan fingerprint density at radius 1 is 1.18 bits per heavy atom. The molecule has 4 rings (SSSR count). The van der Waals surface area contributed by atoms with Crippen LogP contribution in [0.3, 0.4) is 0 Å². The number of nitrogens with zero attached hydrogens (tertiary/aromatic N) is 2. The van der Waals surface area contributed by atoms with Gasteiger partial charge in [0, 0.05) is 36.6 Å². The summed E-state index contributed by atoms with van der Waals surface area (Å²) in [5, 5.41) is 15.3. The molecule has 0 fully saturated rings. The van der Waals surface area contributed by atoms with E-state index in [1.807, 2.05) is 30.3 Å². The molecule has 0 saturated carbocycles. The van der Waals surface area contributed by atoms with Crippen LogP contribution in [0.25, 0.3) is 0 Å². The van der Waals surface area contributed by atoms with E-state index < -0.39 is 6.10 Å². The lowest BCUT2D eigenvalue weighted by molar-refractivity contribution is -0.00955. The van der Waals surface area contributed by atoms with Gasteiger partial charge in [-0.25, -0.2) is 4.39 Å². The zero-order valence-electron chi connectivity index (χ0n) is 18.1. The Hall–Kier alpha value is -2.71. The molecule has 1 aliphatic rings. The van der Waals surface area contributed by atoms with Crippen LogP contribution in [0.2, 0.25) is 5.02 Å². The number of hydrogen-bond donors (Lipinski definition) is 1. The number of aliphatic hydroxyl groups excluding tert-OH is 1. The number of benzene rings is 2. The maximum absolute atomic E-state index is 14.1. The molecule has 8 heteroatoms. The van der Waals surface area contributed by atoms with Crippen molar-refractivity contribution in [2.24, 2.45) is 5.16 Å². The molecule has 0 bridgehead atoms. The minimum absolute atomic E-state index is 0.162. The van der Waals surface area contributed by atoms with Crippen LogP contribution < -0.4 is 0 Å². The fourth-order valence-electron chi connectivity index (χ4n) is 3.81. The van der Waals surface area contributed by atoms with Crippen molar-refractivity contribution in [2.75, 3.05) is 19.7 Å². The van der Waals surface area contributed by atoms with Gasteiger partial charge in [0.15, 0.2) is 0 Å². The zero-order chi connectivity index (χ0) is 23.0. The van der Waals surface area contributed by atoms with Gasteiger partial charge in [0.2, 0.25) is 0 Å². The minimum Gasteiger partial charge on any atom is -0.467 e. The topological polar surface area (TPSA) is 67.4 Å². The Kier molecular flexibility index (Phi) is 8.12. The Labute approximate surface area is 197 Å². The molecule has 1 aromatic heterocycles. The highest BCUT2D eigenvalue weighted by Gasteiger charge is 2.27. The number of ether oxygens (including phenoxy) is 1. The minimum atomic E-state index is -0.715. The van der Waals surface area contributed by atoms with Gasteiger partial charge in [-0.05, 0) is 35.9 Å². The molecule has 0 unspecified atom stereocenters.